The number of rotatable bonds is 7. The Balaban J connectivity index is 2.52. The quantitative estimate of drug-likeness (QED) is 0.759. The summed E-state index contributed by atoms with van der Waals surface area (Å²) in [5.41, 5.74) is 0. The first kappa shape index (κ1) is 16.4. The van der Waals surface area contributed by atoms with Crippen LogP contribution in [0, 0.1) is 11.6 Å². The van der Waals surface area contributed by atoms with E-state index in [0.29, 0.717) is 12.8 Å². The number of aliphatic carboxylic acids is 1. The Morgan fingerprint density at radius 3 is 2.65 bits per heavy atom. The van der Waals surface area contributed by atoms with Gasteiger partial charge in [-0.3, -0.25) is 4.79 Å². The topological polar surface area (TPSA) is 66.4 Å². The minimum atomic E-state index is -1.10. The van der Waals surface area contributed by atoms with Crippen LogP contribution in [-0.2, 0) is 9.59 Å². The van der Waals surface area contributed by atoms with E-state index in [1.807, 2.05) is 6.92 Å². The Labute approximate surface area is 119 Å². The van der Waals surface area contributed by atoms with Gasteiger partial charge in [-0.25, -0.2) is 13.6 Å². The minimum Gasteiger partial charge on any atom is -0.480 e. The lowest BCUT2D eigenvalue weighted by Crippen LogP contribution is -2.41. The standard InChI is InChI=1S/C13H15F2NO3S/c1-2-3-10(13(18)19)16-12(17)7-20-11-5-4-8(14)6-9(11)15/h4-6,10H,2-3,7H2,1H3,(H,16,17)(H,18,19)/t10-/m1/s1. The number of thioether (sulfide) groups is 1. The fourth-order valence-corrected chi connectivity index (χ4v) is 2.25. The molecule has 0 unspecified atom stereocenters. The van der Waals surface area contributed by atoms with Crippen molar-refractivity contribution in [2.45, 2.75) is 30.7 Å². The Kier molecular flexibility index (Phi) is 6.44. The van der Waals surface area contributed by atoms with Crippen molar-refractivity contribution in [2.24, 2.45) is 0 Å². The number of halogens is 2. The van der Waals surface area contributed by atoms with Gasteiger partial charge in [-0.1, -0.05) is 13.3 Å². The van der Waals surface area contributed by atoms with Crippen LogP contribution in [0.3, 0.4) is 0 Å². The van der Waals surface area contributed by atoms with E-state index in [2.05, 4.69) is 5.32 Å². The molecule has 0 aliphatic rings. The normalized spacial score (nSPS) is 11.9. The van der Waals surface area contributed by atoms with Gasteiger partial charge in [0.1, 0.15) is 17.7 Å². The number of nitrogens with one attached hydrogen (secondary N) is 1. The zero-order valence-electron chi connectivity index (χ0n) is 10.9. The Bertz CT molecular complexity index is 497. The molecule has 4 nitrogen and oxygen atoms in total. The predicted molar refractivity (Wildman–Crippen MR) is 71.6 cm³/mol. The van der Waals surface area contributed by atoms with E-state index in [0.717, 1.165) is 23.9 Å². The Hall–Kier alpha value is -1.63. The van der Waals surface area contributed by atoms with Gasteiger partial charge in [0.2, 0.25) is 5.91 Å². The average Bonchev–Trinajstić information content (AvgIpc) is 2.37. The number of carboxylic acid groups (broad SMARTS) is 1. The summed E-state index contributed by atoms with van der Waals surface area (Å²) in [5.74, 6) is -3.16. The summed E-state index contributed by atoms with van der Waals surface area (Å²) < 4.78 is 26.0. The molecule has 20 heavy (non-hydrogen) atoms. The first-order valence-electron chi connectivity index (χ1n) is 6.04. The summed E-state index contributed by atoms with van der Waals surface area (Å²) in [5, 5.41) is 11.3. The lowest BCUT2D eigenvalue weighted by molar-refractivity contribution is -0.141. The molecule has 1 aromatic rings. The van der Waals surface area contributed by atoms with Crippen LogP contribution in [0.15, 0.2) is 23.1 Å². The van der Waals surface area contributed by atoms with Crippen molar-refractivity contribution in [1.29, 1.82) is 0 Å². The number of carboxylic acids is 1. The summed E-state index contributed by atoms with van der Waals surface area (Å²) in [7, 11) is 0. The van der Waals surface area contributed by atoms with E-state index < -0.39 is 29.6 Å². The summed E-state index contributed by atoms with van der Waals surface area (Å²) in [4.78, 5) is 22.6. The average molecular weight is 303 g/mol. The Morgan fingerprint density at radius 1 is 1.40 bits per heavy atom. The second-order valence-electron chi connectivity index (χ2n) is 4.11. The van der Waals surface area contributed by atoms with E-state index >= 15 is 0 Å². The van der Waals surface area contributed by atoms with Gasteiger partial charge in [0.15, 0.2) is 0 Å². The first-order chi connectivity index (χ1) is 9.43. The molecule has 2 N–H and O–H groups in total. The summed E-state index contributed by atoms with van der Waals surface area (Å²) >= 11 is 0.889. The van der Waals surface area contributed by atoms with Gasteiger partial charge in [0, 0.05) is 11.0 Å². The molecular weight excluding hydrogens is 288 g/mol. The van der Waals surface area contributed by atoms with Crippen molar-refractivity contribution in [2.75, 3.05) is 5.75 Å². The minimum absolute atomic E-state index is 0.129. The number of hydrogen-bond acceptors (Lipinski definition) is 3. The van der Waals surface area contributed by atoms with Crippen molar-refractivity contribution in [3.8, 4) is 0 Å². The maximum Gasteiger partial charge on any atom is 0.326 e. The third-order valence-electron chi connectivity index (χ3n) is 2.46. The molecule has 0 bridgehead atoms. The molecule has 0 radical (unpaired) electrons. The van der Waals surface area contributed by atoms with Crippen LogP contribution < -0.4 is 5.32 Å². The zero-order chi connectivity index (χ0) is 15.1. The van der Waals surface area contributed by atoms with Crippen LogP contribution in [-0.4, -0.2) is 28.8 Å². The van der Waals surface area contributed by atoms with Gasteiger partial charge < -0.3 is 10.4 Å². The van der Waals surface area contributed by atoms with Crippen molar-refractivity contribution in [3.63, 3.8) is 0 Å². The van der Waals surface area contributed by atoms with E-state index in [1.165, 1.54) is 6.07 Å². The summed E-state index contributed by atoms with van der Waals surface area (Å²) in [6.45, 7) is 1.81. The molecular formula is C13H15F2NO3S. The maximum absolute atomic E-state index is 13.3. The van der Waals surface area contributed by atoms with Crippen molar-refractivity contribution >= 4 is 23.6 Å². The van der Waals surface area contributed by atoms with Gasteiger partial charge in [0.05, 0.1) is 5.75 Å². The van der Waals surface area contributed by atoms with Crippen molar-refractivity contribution < 1.29 is 23.5 Å². The number of benzene rings is 1. The fourth-order valence-electron chi connectivity index (χ4n) is 1.52. The van der Waals surface area contributed by atoms with Crippen molar-refractivity contribution in [1.82, 2.24) is 5.32 Å². The predicted octanol–water partition coefficient (Wildman–Crippen LogP) is 2.43. The van der Waals surface area contributed by atoms with Crippen LogP contribution in [0.4, 0.5) is 8.78 Å². The van der Waals surface area contributed by atoms with Crippen molar-refractivity contribution in [3.05, 3.63) is 29.8 Å². The van der Waals surface area contributed by atoms with Gasteiger partial charge in [-0.15, -0.1) is 11.8 Å². The van der Waals surface area contributed by atoms with Crippen LogP contribution in [0.5, 0.6) is 0 Å². The molecule has 0 aromatic heterocycles. The molecule has 0 spiro atoms. The van der Waals surface area contributed by atoms with Gasteiger partial charge in [-0.05, 0) is 18.6 Å². The van der Waals surface area contributed by atoms with Crippen LogP contribution >= 0.6 is 11.8 Å². The molecule has 1 amide bonds. The smallest absolute Gasteiger partial charge is 0.326 e. The molecule has 1 aromatic carbocycles. The summed E-state index contributed by atoms with van der Waals surface area (Å²) in [6, 6.07) is 2.13. The molecule has 0 aliphatic heterocycles. The molecule has 0 saturated carbocycles. The monoisotopic (exact) mass is 303 g/mol. The Morgan fingerprint density at radius 2 is 2.10 bits per heavy atom. The van der Waals surface area contributed by atoms with Crippen LogP contribution in [0.2, 0.25) is 0 Å². The number of carbonyl (C=O) groups is 2. The van der Waals surface area contributed by atoms with Crippen LogP contribution in [0.25, 0.3) is 0 Å². The fraction of sp³-hybridized carbons (Fsp3) is 0.385. The van der Waals surface area contributed by atoms with Crippen LogP contribution in [0.1, 0.15) is 19.8 Å². The number of carbonyl (C=O) groups excluding carboxylic acids is 1. The first-order valence-corrected chi connectivity index (χ1v) is 7.02. The van der Waals surface area contributed by atoms with E-state index in [-0.39, 0.29) is 10.6 Å². The zero-order valence-corrected chi connectivity index (χ0v) is 11.7. The highest BCUT2D eigenvalue weighted by molar-refractivity contribution is 8.00. The maximum atomic E-state index is 13.3. The molecule has 1 atom stereocenters. The highest BCUT2D eigenvalue weighted by Gasteiger charge is 2.18. The second-order valence-corrected chi connectivity index (χ2v) is 5.13. The largest absolute Gasteiger partial charge is 0.480 e. The summed E-state index contributed by atoms with van der Waals surface area (Å²) in [6.07, 6.45) is 0.952. The molecule has 7 heteroatoms. The van der Waals surface area contributed by atoms with E-state index in [1.54, 1.807) is 0 Å². The lowest BCUT2D eigenvalue weighted by atomic mass is 10.2. The third-order valence-corrected chi connectivity index (χ3v) is 3.51. The molecule has 0 fully saturated rings. The highest BCUT2D eigenvalue weighted by Crippen LogP contribution is 2.22. The lowest BCUT2D eigenvalue weighted by Gasteiger charge is -2.13. The van der Waals surface area contributed by atoms with Gasteiger partial charge >= 0.3 is 5.97 Å². The van der Waals surface area contributed by atoms with Gasteiger partial charge in [0.25, 0.3) is 0 Å². The van der Waals surface area contributed by atoms with E-state index in [4.69, 9.17) is 5.11 Å². The van der Waals surface area contributed by atoms with Gasteiger partial charge in [-0.2, -0.15) is 0 Å². The molecule has 1 rings (SSSR count). The number of hydrogen-bond donors (Lipinski definition) is 2. The molecule has 0 aliphatic carbocycles. The van der Waals surface area contributed by atoms with E-state index in [9.17, 15) is 18.4 Å². The number of amides is 1. The molecule has 0 heterocycles. The molecule has 110 valence electrons. The third kappa shape index (κ3) is 5.16. The highest BCUT2D eigenvalue weighted by atomic mass is 32.2. The molecule has 0 saturated heterocycles. The second kappa shape index (κ2) is 7.84. The SMILES string of the molecule is CCC[C@@H](NC(=O)CSc1ccc(F)cc1F)C(=O)O.